The van der Waals surface area contributed by atoms with E-state index in [1.54, 1.807) is 25.1 Å². The van der Waals surface area contributed by atoms with E-state index in [0.29, 0.717) is 5.56 Å². The Balaban J connectivity index is 2.04. The van der Waals surface area contributed by atoms with Gasteiger partial charge >= 0.3 is 5.97 Å². The molecule has 2 aromatic carbocycles. The second kappa shape index (κ2) is 7.31. The first kappa shape index (κ1) is 16.4. The Hall–Kier alpha value is -3.02. The van der Waals surface area contributed by atoms with Crippen LogP contribution in [0.4, 0.5) is 10.1 Å². The molecule has 0 radical (unpaired) electrons. The number of hydrogen-bond donors (Lipinski definition) is 0. The molecule has 0 unspecified atom stereocenters. The number of nitro benzene ring substituents is 1. The van der Waals surface area contributed by atoms with Gasteiger partial charge in [-0.2, -0.15) is 0 Å². The van der Waals surface area contributed by atoms with Crippen molar-refractivity contribution in [3.8, 4) is 0 Å². The Bertz CT molecular complexity index is 758. The van der Waals surface area contributed by atoms with Gasteiger partial charge in [0.25, 0.3) is 5.69 Å². The van der Waals surface area contributed by atoms with Gasteiger partial charge < -0.3 is 4.74 Å². The predicted molar refractivity (Wildman–Crippen MR) is 83.0 cm³/mol. The van der Waals surface area contributed by atoms with Crippen molar-refractivity contribution in [3.63, 3.8) is 0 Å². The van der Waals surface area contributed by atoms with Crippen molar-refractivity contribution in [2.45, 2.75) is 13.0 Å². The molecule has 0 spiro atoms. The zero-order valence-corrected chi connectivity index (χ0v) is 12.3. The average molecular weight is 315 g/mol. The standard InChI is InChI=1S/C17H14FNO4/c1-12(14-6-4-7-15(11-14)19(21)22)23-17(20)10-9-13-5-2-3-8-16(13)18/h2-12H,1H3/b10-9+/t12-/m1/s1. The number of ether oxygens (including phenoxy) is 1. The van der Waals surface area contributed by atoms with Crippen LogP contribution < -0.4 is 0 Å². The number of nitro groups is 1. The van der Waals surface area contributed by atoms with E-state index in [0.717, 1.165) is 6.08 Å². The monoisotopic (exact) mass is 315 g/mol. The van der Waals surface area contributed by atoms with E-state index in [1.165, 1.54) is 36.4 Å². The first-order valence-corrected chi connectivity index (χ1v) is 6.85. The summed E-state index contributed by atoms with van der Waals surface area (Å²) in [5, 5.41) is 10.7. The van der Waals surface area contributed by atoms with Crippen LogP contribution in [-0.2, 0) is 9.53 Å². The van der Waals surface area contributed by atoms with Crippen LogP contribution in [-0.4, -0.2) is 10.9 Å². The average Bonchev–Trinajstić information content (AvgIpc) is 2.54. The molecule has 0 aromatic heterocycles. The van der Waals surface area contributed by atoms with Gasteiger partial charge in [-0.25, -0.2) is 9.18 Å². The molecule has 2 rings (SSSR count). The highest BCUT2D eigenvalue weighted by molar-refractivity contribution is 5.87. The Morgan fingerprint density at radius 1 is 1.26 bits per heavy atom. The maximum atomic E-state index is 13.4. The van der Waals surface area contributed by atoms with Crippen LogP contribution in [0.15, 0.2) is 54.6 Å². The van der Waals surface area contributed by atoms with Gasteiger partial charge in [0.15, 0.2) is 0 Å². The fourth-order valence-corrected chi connectivity index (χ4v) is 1.94. The lowest BCUT2D eigenvalue weighted by Gasteiger charge is -2.11. The van der Waals surface area contributed by atoms with E-state index in [-0.39, 0.29) is 11.3 Å². The number of hydrogen-bond acceptors (Lipinski definition) is 4. The van der Waals surface area contributed by atoms with Gasteiger partial charge in [0.05, 0.1) is 4.92 Å². The van der Waals surface area contributed by atoms with Crippen molar-refractivity contribution in [3.05, 3.63) is 81.7 Å². The summed E-state index contributed by atoms with van der Waals surface area (Å²) < 4.78 is 18.6. The summed E-state index contributed by atoms with van der Waals surface area (Å²) in [6.45, 7) is 1.61. The number of rotatable bonds is 5. The molecule has 0 N–H and O–H groups in total. The van der Waals surface area contributed by atoms with Crippen LogP contribution in [0.25, 0.3) is 6.08 Å². The van der Waals surface area contributed by atoms with Crippen LogP contribution in [0.3, 0.4) is 0 Å². The molecule has 23 heavy (non-hydrogen) atoms. The maximum Gasteiger partial charge on any atom is 0.331 e. The molecule has 0 aliphatic heterocycles. The summed E-state index contributed by atoms with van der Waals surface area (Å²) in [5.74, 6) is -1.10. The van der Waals surface area contributed by atoms with Gasteiger partial charge in [-0.05, 0) is 24.6 Å². The molecule has 0 amide bonds. The molecule has 2 aromatic rings. The smallest absolute Gasteiger partial charge is 0.331 e. The van der Waals surface area contributed by atoms with Crippen molar-refractivity contribution >= 4 is 17.7 Å². The fourth-order valence-electron chi connectivity index (χ4n) is 1.94. The van der Waals surface area contributed by atoms with Gasteiger partial charge in [0.1, 0.15) is 11.9 Å². The molecular weight excluding hydrogens is 301 g/mol. The van der Waals surface area contributed by atoms with Crippen molar-refractivity contribution < 1.29 is 18.8 Å². The third-order valence-corrected chi connectivity index (χ3v) is 3.15. The number of carbonyl (C=O) groups excluding carboxylic acids is 1. The topological polar surface area (TPSA) is 69.4 Å². The first-order valence-electron chi connectivity index (χ1n) is 6.85. The Morgan fingerprint density at radius 3 is 2.70 bits per heavy atom. The molecule has 0 fully saturated rings. The zero-order chi connectivity index (χ0) is 16.8. The van der Waals surface area contributed by atoms with E-state index in [1.807, 2.05) is 0 Å². The Morgan fingerprint density at radius 2 is 2.00 bits per heavy atom. The van der Waals surface area contributed by atoms with Gasteiger partial charge in [-0.15, -0.1) is 0 Å². The zero-order valence-electron chi connectivity index (χ0n) is 12.3. The van der Waals surface area contributed by atoms with Gasteiger partial charge in [-0.1, -0.05) is 30.3 Å². The minimum Gasteiger partial charge on any atom is -0.455 e. The van der Waals surface area contributed by atoms with Crippen LogP contribution in [0.5, 0.6) is 0 Å². The van der Waals surface area contributed by atoms with Crippen LogP contribution in [0.1, 0.15) is 24.2 Å². The number of esters is 1. The fraction of sp³-hybridized carbons (Fsp3) is 0.118. The van der Waals surface area contributed by atoms with E-state index < -0.39 is 22.8 Å². The van der Waals surface area contributed by atoms with Gasteiger partial charge in [-0.3, -0.25) is 10.1 Å². The second-order valence-corrected chi connectivity index (χ2v) is 4.79. The summed E-state index contributed by atoms with van der Waals surface area (Å²) in [7, 11) is 0. The minimum atomic E-state index is -0.660. The lowest BCUT2D eigenvalue weighted by Crippen LogP contribution is -2.06. The van der Waals surface area contributed by atoms with Crippen molar-refractivity contribution in [1.82, 2.24) is 0 Å². The molecule has 0 aliphatic carbocycles. The first-order chi connectivity index (χ1) is 11.0. The highest BCUT2D eigenvalue weighted by Gasteiger charge is 2.13. The summed E-state index contributed by atoms with van der Waals surface area (Å²) in [5.41, 5.74) is 0.701. The molecule has 6 heteroatoms. The lowest BCUT2D eigenvalue weighted by atomic mass is 10.1. The van der Waals surface area contributed by atoms with Crippen LogP contribution in [0, 0.1) is 15.9 Å². The molecule has 5 nitrogen and oxygen atoms in total. The summed E-state index contributed by atoms with van der Waals surface area (Å²) in [6, 6.07) is 11.9. The number of nitrogens with zero attached hydrogens (tertiary/aromatic N) is 1. The Kier molecular flexibility index (Phi) is 5.19. The quantitative estimate of drug-likeness (QED) is 0.361. The van der Waals surface area contributed by atoms with Crippen molar-refractivity contribution in [2.24, 2.45) is 0 Å². The molecule has 1 atom stereocenters. The molecule has 0 saturated heterocycles. The maximum absolute atomic E-state index is 13.4. The van der Waals surface area contributed by atoms with Gasteiger partial charge in [0.2, 0.25) is 0 Å². The van der Waals surface area contributed by atoms with Crippen molar-refractivity contribution in [2.75, 3.05) is 0 Å². The number of non-ortho nitro benzene ring substituents is 1. The summed E-state index contributed by atoms with van der Waals surface area (Å²) in [4.78, 5) is 22.0. The molecule has 0 heterocycles. The van der Waals surface area contributed by atoms with E-state index >= 15 is 0 Å². The summed E-state index contributed by atoms with van der Waals surface area (Å²) in [6.07, 6.45) is 1.78. The minimum absolute atomic E-state index is 0.0766. The SMILES string of the molecule is C[C@@H](OC(=O)/C=C/c1ccccc1F)c1cccc([N+](=O)[O-])c1. The molecule has 0 aliphatic rings. The van der Waals surface area contributed by atoms with E-state index in [2.05, 4.69) is 0 Å². The van der Waals surface area contributed by atoms with Gasteiger partial charge in [0, 0.05) is 23.8 Å². The summed E-state index contributed by atoms with van der Waals surface area (Å²) >= 11 is 0. The second-order valence-electron chi connectivity index (χ2n) is 4.79. The highest BCUT2D eigenvalue weighted by Crippen LogP contribution is 2.22. The van der Waals surface area contributed by atoms with E-state index in [9.17, 15) is 19.3 Å². The normalized spacial score (nSPS) is 12.1. The molecular formula is C17H14FNO4. The lowest BCUT2D eigenvalue weighted by molar-refractivity contribution is -0.385. The third-order valence-electron chi connectivity index (χ3n) is 3.15. The number of benzene rings is 2. The predicted octanol–water partition coefficient (Wildman–Crippen LogP) is 4.05. The van der Waals surface area contributed by atoms with Crippen LogP contribution in [0.2, 0.25) is 0 Å². The number of halogens is 1. The molecule has 0 bridgehead atoms. The third kappa shape index (κ3) is 4.47. The van der Waals surface area contributed by atoms with Crippen molar-refractivity contribution in [1.29, 1.82) is 0 Å². The largest absolute Gasteiger partial charge is 0.455 e. The van der Waals surface area contributed by atoms with E-state index in [4.69, 9.17) is 4.74 Å². The molecule has 118 valence electrons. The number of carbonyl (C=O) groups is 1. The van der Waals surface area contributed by atoms with Crippen LogP contribution >= 0.6 is 0 Å². The molecule has 0 saturated carbocycles. The highest BCUT2D eigenvalue weighted by atomic mass is 19.1. The Labute approximate surface area is 132 Å².